The molecular weight excluding hydrogens is 395 g/mol. The van der Waals surface area contributed by atoms with Crippen molar-refractivity contribution in [1.29, 1.82) is 0 Å². The number of amides is 1. The van der Waals surface area contributed by atoms with Crippen molar-refractivity contribution in [2.75, 3.05) is 13.2 Å². The predicted molar refractivity (Wildman–Crippen MR) is 115 cm³/mol. The molecule has 1 fully saturated rings. The first kappa shape index (κ1) is 20.9. The summed E-state index contributed by atoms with van der Waals surface area (Å²) in [6.45, 7) is 5.06. The Kier molecular flexibility index (Phi) is 6.21. The monoisotopic (exact) mass is 420 g/mol. The number of pyridine rings is 1. The average Bonchev–Trinajstić information content (AvgIpc) is 2.79. The number of benzene rings is 1. The smallest absolute Gasteiger partial charge is 0.254 e. The number of piperidine rings is 1. The Labute approximate surface area is 181 Å². The summed E-state index contributed by atoms with van der Waals surface area (Å²) in [5, 5.41) is 0. The number of nitrogens with zero attached hydrogens (tertiary/aromatic N) is 4. The summed E-state index contributed by atoms with van der Waals surface area (Å²) in [6.07, 6.45) is 6.35. The van der Waals surface area contributed by atoms with Crippen LogP contribution in [0, 0.1) is 18.7 Å². The average molecular weight is 420 g/mol. The molecule has 2 aromatic heterocycles. The molecular formula is C24H25FN4O2. The topological polar surface area (TPSA) is 68.2 Å². The summed E-state index contributed by atoms with van der Waals surface area (Å²) in [7, 11) is 0. The van der Waals surface area contributed by atoms with E-state index in [1.807, 2.05) is 30.0 Å². The van der Waals surface area contributed by atoms with Crippen molar-refractivity contribution in [3.8, 4) is 17.3 Å². The van der Waals surface area contributed by atoms with Crippen LogP contribution in [0.3, 0.4) is 0 Å². The molecule has 2 atom stereocenters. The first-order valence-corrected chi connectivity index (χ1v) is 10.4. The van der Waals surface area contributed by atoms with Gasteiger partial charge in [-0.2, -0.15) is 0 Å². The number of rotatable bonds is 5. The lowest BCUT2D eigenvalue weighted by Gasteiger charge is -2.38. The van der Waals surface area contributed by atoms with Gasteiger partial charge >= 0.3 is 0 Å². The number of ether oxygens (including phenoxy) is 1. The maximum Gasteiger partial charge on any atom is 0.254 e. The zero-order valence-corrected chi connectivity index (χ0v) is 17.7. The highest BCUT2D eigenvalue weighted by molar-refractivity contribution is 6.01. The van der Waals surface area contributed by atoms with Gasteiger partial charge in [-0.05, 0) is 50.5 Å². The Morgan fingerprint density at radius 3 is 2.68 bits per heavy atom. The molecule has 0 radical (unpaired) electrons. The summed E-state index contributed by atoms with van der Waals surface area (Å²) in [6, 6.07) is 10.4. The number of halogens is 1. The van der Waals surface area contributed by atoms with Gasteiger partial charge in [0, 0.05) is 42.5 Å². The number of carbonyl (C=O) groups excluding carboxylic acids is 1. The van der Waals surface area contributed by atoms with E-state index in [1.54, 1.807) is 18.5 Å². The number of hydrogen-bond donors (Lipinski definition) is 0. The van der Waals surface area contributed by atoms with Crippen LogP contribution in [0.2, 0.25) is 0 Å². The highest BCUT2D eigenvalue weighted by Crippen LogP contribution is 2.29. The summed E-state index contributed by atoms with van der Waals surface area (Å²) in [5.41, 5.74) is 2.35. The first-order chi connectivity index (χ1) is 15.0. The van der Waals surface area contributed by atoms with Gasteiger partial charge in [0.1, 0.15) is 5.82 Å². The Bertz CT molecular complexity index is 1040. The lowest BCUT2D eigenvalue weighted by molar-refractivity contribution is 0.0503. The van der Waals surface area contributed by atoms with Crippen molar-refractivity contribution in [3.05, 3.63) is 71.9 Å². The molecule has 1 amide bonds. The van der Waals surface area contributed by atoms with E-state index in [-0.39, 0.29) is 17.9 Å². The van der Waals surface area contributed by atoms with Gasteiger partial charge in [0.05, 0.1) is 18.4 Å². The highest BCUT2D eigenvalue weighted by Gasteiger charge is 2.31. The zero-order chi connectivity index (χ0) is 21.8. The maximum absolute atomic E-state index is 13.6. The third-order valence-corrected chi connectivity index (χ3v) is 5.70. The van der Waals surface area contributed by atoms with Crippen LogP contribution in [0.1, 0.15) is 35.7 Å². The van der Waals surface area contributed by atoms with Crippen LogP contribution in [0.15, 0.2) is 55.0 Å². The Balaban J connectivity index is 1.52. The molecule has 160 valence electrons. The number of aromatic nitrogens is 3. The van der Waals surface area contributed by atoms with Gasteiger partial charge < -0.3 is 9.64 Å². The summed E-state index contributed by atoms with van der Waals surface area (Å²) < 4.78 is 18.8. The molecule has 0 spiro atoms. The van der Waals surface area contributed by atoms with Crippen LogP contribution in [-0.2, 0) is 0 Å². The molecule has 1 aromatic carbocycles. The zero-order valence-electron chi connectivity index (χ0n) is 17.7. The molecule has 0 aliphatic carbocycles. The number of carbonyl (C=O) groups is 1. The fourth-order valence-electron chi connectivity index (χ4n) is 3.98. The molecule has 31 heavy (non-hydrogen) atoms. The lowest BCUT2D eigenvalue weighted by Crippen LogP contribution is -2.47. The van der Waals surface area contributed by atoms with E-state index in [0.717, 1.165) is 30.2 Å². The van der Waals surface area contributed by atoms with Crippen molar-refractivity contribution in [2.24, 2.45) is 5.92 Å². The van der Waals surface area contributed by atoms with E-state index >= 15 is 0 Å². The standard InChI is InChI=1S/C24H25FN4O2/c1-16-5-3-6-20(22(16)23-26-11-4-12-27-23)24(30)29-14-18(8-7-17(29)2)15-31-21-10-9-19(25)13-28-21/h3-6,9-13,17-18H,7-8,14-15H2,1-2H3/t17-,18-/m1/s1. The minimum absolute atomic E-state index is 0.0248. The van der Waals surface area contributed by atoms with Crippen LogP contribution in [-0.4, -0.2) is 45.0 Å². The van der Waals surface area contributed by atoms with E-state index in [4.69, 9.17) is 4.74 Å². The van der Waals surface area contributed by atoms with Gasteiger partial charge in [0.15, 0.2) is 5.82 Å². The van der Waals surface area contributed by atoms with E-state index < -0.39 is 5.82 Å². The second kappa shape index (κ2) is 9.20. The third kappa shape index (κ3) is 4.71. The van der Waals surface area contributed by atoms with Crippen molar-refractivity contribution in [2.45, 2.75) is 32.7 Å². The number of likely N-dealkylation sites (tertiary alicyclic amines) is 1. The van der Waals surface area contributed by atoms with Gasteiger partial charge in [-0.3, -0.25) is 4.79 Å². The largest absolute Gasteiger partial charge is 0.477 e. The van der Waals surface area contributed by atoms with Crippen molar-refractivity contribution >= 4 is 5.91 Å². The van der Waals surface area contributed by atoms with Crippen LogP contribution < -0.4 is 4.74 Å². The van der Waals surface area contributed by atoms with Crippen LogP contribution in [0.4, 0.5) is 4.39 Å². The van der Waals surface area contributed by atoms with Crippen molar-refractivity contribution in [1.82, 2.24) is 19.9 Å². The van der Waals surface area contributed by atoms with E-state index in [1.165, 1.54) is 12.1 Å². The van der Waals surface area contributed by atoms with Crippen molar-refractivity contribution < 1.29 is 13.9 Å². The van der Waals surface area contributed by atoms with E-state index in [0.29, 0.717) is 30.4 Å². The van der Waals surface area contributed by atoms with E-state index in [2.05, 4.69) is 21.9 Å². The first-order valence-electron chi connectivity index (χ1n) is 10.4. The molecule has 0 bridgehead atoms. The minimum Gasteiger partial charge on any atom is -0.477 e. The highest BCUT2D eigenvalue weighted by atomic mass is 19.1. The number of aryl methyl sites for hydroxylation is 1. The Morgan fingerprint density at radius 2 is 1.94 bits per heavy atom. The molecule has 1 saturated heterocycles. The molecule has 1 aliphatic heterocycles. The lowest BCUT2D eigenvalue weighted by atomic mass is 9.92. The molecule has 4 rings (SSSR count). The fraction of sp³-hybridized carbons (Fsp3) is 0.333. The quantitative estimate of drug-likeness (QED) is 0.615. The van der Waals surface area contributed by atoms with Gasteiger partial charge in [0.2, 0.25) is 5.88 Å². The Hall–Kier alpha value is -3.35. The molecule has 6 nitrogen and oxygen atoms in total. The second-order valence-corrected chi connectivity index (χ2v) is 7.95. The molecule has 3 heterocycles. The van der Waals surface area contributed by atoms with Crippen molar-refractivity contribution in [3.63, 3.8) is 0 Å². The third-order valence-electron chi connectivity index (χ3n) is 5.70. The number of hydrogen-bond acceptors (Lipinski definition) is 5. The minimum atomic E-state index is -0.396. The van der Waals surface area contributed by atoms with E-state index in [9.17, 15) is 9.18 Å². The predicted octanol–water partition coefficient (Wildman–Crippen LogP) is 4.31. The van der Waals surface area contributed by atoms with Crippen LogP contribution in [0.5, 0.6) is 5.88 Å². The molecule has 7 heteroatoms. The van der Waals surface area contributed by atoms with Gasteiger partial charge in [0.25, 0.3) is 5.91 Å². The summed E-state index contributed by atoms with van der Waals surface area (Å²) in [5.74, 6) is 0.694. The fourth-order valence-corrected chi connectivity index (χ4v) is 3.98. The van der Waals surface area contributed by atoms with Crippen LogP contribution in [0.25, 0.3) is 11.4 Å². The maximum atomic E-state index is 13.6. The normalized spacial score (nSPS) is 18.6. The molecule has 0 unspecified atom stereocenters. The van der Waals surface area contributed by atoms with Gasteiger partial charge in [-0.1, -0.05) is 12.1 Å². The SMILES string of the molecule is Cc1cccc(C(=O)N2C[C@H](COc3ccc(F)cn3)CC[C@H]2C)c1-c1ncccn1. The summed E-state index contributed by atoms with van der Waals surface area (Å²) >= 11 is 0. The van der Waals surface area contributed by atoms with Crippen LogP contribution >= 0.6 is 0 Å². The molecule has 1 aliphatic rings. The summed E-state index contributed by atoms with van der Waals surface area (Å²) in [4.78, 5) is 28.2. The molecule has 3 aromatic rings. The molecule has 0 N–H and O–H groups in total. The van der Waals surface area contributed by atoms with Gasteiger partial charge in [-0.25, -0.2) is 19.3 Å². The Morgan fingerprint density at radius 1 is 1.13 bits per heavy atom. The second-order valence-electron chi connectivity index (χ2n) is 7.95. The molecule has 0 saturated carbocycles. The van der Waals surface area contributed by atoms with Gasteiger partial charge in [-0.15, -0.1) is 0 Å².